The van der Waals surface area contributed by atoms with Crippen LogP contribution in [0.2, 0.25) is 0 Å². The molecule has 2 heterocycles. The van der Waals surface area contributed by atoms with E-state index in [-0.39, 0.29) is 0 Å². The first-order valence-corrected chi connectivity index (χ1v) is 7.65. The second-order valence-corrected chi connectivity index (χ2v) is 6.22. The fourth-order valence-electron chi connectivity index (χ4n) is 2.50. The van der Waals surface area contributed by atoms with Gasteiger partial charge in [-0.25, -0.2) is 0 Å². The van der Waals surface area contributed by atoms with E-state index < -0.39 is 0 Å². The minimum Gasteiger partial charge on any atom is -0.314 e. The average Bonchev–Trinajstić information content (AvgIpc) is 2.80. The molecule has 1 saturated heterocycles. The van der Waals surface area contributed by atoms with Crippen LogP contribution in [0.15, 0.2) is 16.8 Å². The fourth-order valence-corrected chi connectivity index (χ4v) is 3.16. The molecular weight excluding hydrogens is 228 g/mol. The normalized spacial score (nSPS) is 22.2. The third kappa shape index (κ3) is 4.41. The Morgan fingerprint density at radius 3 is 3.12 bits per heavy atom. The fraction of sp³-hybridized carbons (Fsp3) is 0.714. The maximum Gasteiger partial charge on any atom is 0.0242 e. The van der Waals surface area contributed by atoms with Crippen LogP contribution in [0.25, 0.3) is 0 Å². The first-order valence-electron chi connectivity index (χ1n) is 6.71. The molecule has 1 unspecified atom stereocenters. The van der Waals surface area contributed by atoms with Gasteiger partial charge in [0.05, 0.1) is 0 Å². The molecule has 1 aromatic heterocycles. The van der Waals surface area contributed by atoms with E-state index in [1.54, 1.807) is 11.3 Å². The number of piperidine rings is 1. The van der Waals surface area contributed by atoms with Gasteiger partial charge in [0, 0.05) is 19.1 Å². The van der Waals surface area contributed by atoms with Crippen LogP contribution in [0.4, 0.5) is 0 Å². The number of hydrogen-bond donors (Lipinski definition) is 1. The van der Waals surface area contributed by atoms with Crippen LogP contribution >= 0.6 is 11.3 Å². The van der Waals surface area contributed by atoms with Crippen LogP contribution in [-0.4, -0.2) is 30.6 Å². The van der Waals surface area contributed by atoms with Crippen molar-refractivity contribution in [2.45, 2.75) is 39.3 Å². The van der Waals surface area contributed by atoms with Crippen molar-refractivity contribution in [3.63, 3.8) is 0 Å². The van der Waals surface area contributed by atoms with Crippen molar-refractivity contribution in [1.82, 2.24) is 10.2 Å². The maximum absolute atomic E-state index is 3.57. The minimum absolute atomic E-state index is 0.613. The van der Waals surface area contributed by atoms with Gasteiger partial charge in [-0.05, 0) is 54.2 Å². The summed E-state index contributed by atoms with van der Waals surface area (Å²) >= 11 is 1.80. The molecule has 1 fully saturated rings. The summed E-state index contributed by atoms with van der Waals surface area (Å²) in [6.45, 7) is 9.31. The minimum atomic E-state index is 0.613. The SMILES string of the molecule is CC(C)NCC1CCCN(Cc2ccsc2)C1. The summed E-state index contributed by atoms with van der Waals surface area (Å²) < 4.78 is 0. The van der Waals surface area contributed by atoms with E-state index in [4.69, 9.17) is 0 Å². The van der Waals surface area contributed by atoms with Crippen molar-refractivity contribution in [2.24, 2.45) is 5.92 Å². The van der Waals surface area contributed by atoms with Gasteiger partial charge in [-0.3, -0.25) is 4.90 Å². The Balaban J connectivity index is 1.76. The van der Waals surface area contributed by atoms with Gasteiger partial charge >= 0.3 is 0 Å². The van der Waals surface area contributed by atoms with E-state index in [0.29, 0.717) is 6.04 Å². The molecule has 0 bridgehead atoms. The molecule has 0 spiro atoms. The molecule has 1 aliphatic rings. The van der Waals surface area contributed by atoms with E-state index >= 15 is 0 Å². The Kier molecular flexibility index (Phi) is 5.01. The third-order valence-corrected chi connectivity index (χ3v) is 4.14. The van der Waals surface area contributed by atoms with Crippen molar-refractivity contribution in [2.75, 3.05) is 19.6 Å². The molecule has 0 aromatic carbocycles. The molecule has 1 atom stereocenters. The molecule has 2 rings (SSSR count). The summed E-state index contributed by atoms with van der Waals surface area (Å²) in [4.78, 5) is 2.61. The van der Waals surface area contributed by atoms with Gasteiger partial charge in [-0.1, -0.05) is 13.8 Å². The zero-order valence-electron chi connectivity index (χ0n) is 11.0. The summed E-state index contributed by atoms with van der Waals surface area (Å²) in [7, 11) is 0. The molecule has 0 aliphatic carbocycles. The second-order valence-electron chi connectivity index (χ2n) is 5.44. The van der Waals surface area contributed by atoms with E-state index in [0.717, 1.165) is 12.5 Å². The lowest BCUT2D eigenvalue weighted by Crippen LogP contribution is -2.40. The van der Waals surface area contributed by atoms with Gasteiger partial charge in [0.2, 0.25) is 0 Å². The Morgan fingerprint density at radius 2 is 2.41 bits per heavy atom. The van der Waals surface area contributed by atoms with Crippen molar-refractivity contribution < 1.29 is 0 Å². The number of nitrogens with one attached hydrogen (secondary N) is 1. The number of rotatable bonds is 5. The van der Waals surface area contributed by atoms with Crippen LogP contribution in [0.3, 0.4) is 0 Å². The first kappa shape index (κ1) is 13.1. The molecule has 0 saturated carbocycles. The largest absolute Gasteiger partial charge is 0.314 e. The summed E-state index contributed by atoms with van der Waals surface area (Å²) in [5.74, 6) is 0.838. The standard InChI is InChI=1S/C14H24N2S/c1-12(2)15-8-13-4-3-6-16(9-13)10-14-5-7-17-11-14/h5,7,11-13,15H,3-4,6,8-10H2,1-2H3. The highest BCUT2D eigenvalue weighted by Crippen LogP contribution is 2.19. The zero-order valence-corrected chi connectivity index (χ0v) is 11.8. The van der Waals surface area contributed by atoms with Gasteiger partial charge < -0.3 is 5.32 Å². The van der Waals surface area contributed by atoms with Gasteiger partial charge in [-0.15, -0.1) is 0 Å². The molecule has 3 heteroatoms. The zero-order chi connectivity index (χ0) is 12.1. The van der Waals surface area contributed by atoms with E-state index in [1.807, 2.05) is 0 Å². The van der Waals surface area contributed by atoms with Gasteiger partial charge in [0.25, 0.3) is 0 Å². The van der Waals surface area contributed by atoms with E-state index in [1.165, 1.54) is 38.0 Å². The summed E-state index contributed by atoms with van der Waals surface area (Å²) in [6, 6.07) is 2.86. The van der Waals surface area contributed by atoms with Crippen molar-refractivity contribution >= 4 is 11.3 Å². The van der Waals surface area contributed by atoms with Crippen LogP contribution in [-0.2, 0) is 6.54 Å². The Hall–Kier alpha value is -0.380. The Labute approximate surface area is 109 Å². The van der Waals surface area contributed by atoms with Crippen molar-refractivity contribution in [1.29, 1.82) is 0 Å². The maximum atomic E-state index is 3.57. The summed E-state index contributed by atoms with van der Waals surface area (Å²) in [5, 5.41) is 8.02. The summed E-state index contributed by atoms with van der Waals surface area (Å²) in [5.41, 5.74) is 1.48. The number of likely N-dealkylation sites (tertiary alicyclic amines) is 1. The highest BCUT2D eigenvalue weighted by molar-refractivity contribution is 7.07. The third-order valence-electron chi connectivity index (χ3n) is 3.40. The molecule has 1 N–H and O–H groups in total. The molecule has 1 aliphatic heterocycles. The smallest absolute Gasteiger partial charge is 0.0242 e. The molecule has 0 radical (unpaired) electrons. The molecule has 17 heavy (non-hydrogen) atoms. The van der Waals surface area contributed by atoms with Gasteiger partial charge in [0.1, 0.15) is 0 Å². The molecular formula is C14H24N2S. The monoisotopic (exact) mass is 252 g/mol. The molecule has 1 aromatic rings. The predicted molar refractivity (Wildman–Crippen MR) is 75.5 cm³/mol. The van der Waals surface area contributed by atoms with Crippen LogP contribution in [0.1, 0.15) is 32.3 Å². The molecule has 2 nitrogen and oxygen atoms in total. The predicted octanol–water partition coefficient (Wildman–Crippen LogP) is 2.96. The van der Waals surface area contributed by atoms with Gasteiger partial charge in [0.15, 0.2) is 0 Å². The second kappa shape index (κ2) is 6.53. The molecule has 0 amide bonds. The highest BCUT2D eigenvalue weighted by Gasteiger charge is 2.19. The number of thiophene rings is 1. The Bertz CT molecular complexity index is 308. The quantitative estimate of drug-likeness (QED) is 0.867. The number of hydrogen-bond acceptors (Lipinski definition) is 3. The lowest BCUT2D eigenvalue weighted by atomic mass is 9.97. The van der Waals surface area contributed by atoms with Crippen molar-refractivity contribution in [3.05, 3.63) is 22.4 Å². The topological polar surface area (TPSA) is 15.3 Å². The lowest BCUT2D eigenvalue weighted by molar-refractivity contribution is 0.164. The Morgan fingerprint density at radius 1 is 1.53 bits per heavy atom. The van der Waals surface area contributed by atoms with Gasteiger partial charge in [-0.2, -0.15) is 11.3 Å². The summed E-state index contributed by atoms with van der Waals surface area (Å²) in [6.07, 6.45) is 2.74. The van der Waals surface area contributed by atoms with Crippen LogP contribution in [0.5, 0.6) is 0 Å². The van der Waals surface area contributed by atoms with Crippen molar-refractivity contribution in [3.8, 4) is 0 Å². The van der Waals surface area contributed by atoms with E-state index in [2.05, 4.69) is 40.9 Å². The number of nitrogens with zero attached hydrogens (tertiary/aromatic N) is 1. The highest BCUT2D eigenvalue weighted by atomic mass is 32.1. The van der Waals surface area contributed by atoms with Crippen LogP contribution < -0.4 is 5.32 Å². The van der Waals surface area contributed by atoms with Crippen LogP contribution in [0, 0.1) is 5.92 Å². The average molecular weight is 252 g/mol. The first-order chi connectivity index (χ1) is 8.24. The molecule has 96 valence electrons. The lowest BCUT2D eigenvalue weighted by Gasteiger charge is -2.33. The van der Waals surface area contributed by atoms with E-state index in [9.17, 15) is 0 Å².